The van der Waals surface area contributed by atoms with E-state index in [1.807, 2.05) is 0 Å². The molecule has 9 heteroatoms. The van der Waals surface area contributed by atoms with Crippen LogP contribution in [0.15, 0.2) is 53.4 Å². The SMILES string of the molecule is COc1ccc(S(=O)(=O)N2CCC[C@@H](C(=O)Nc3cccc(C(N)=O)c3)C2)cc1. The zero-order chi connectivity index (χ0) is 21.0. The molecule has 0 unspecified atom stereocenters. The Bertz CT molecular complexity index is 1010. The molecule has 2 aromatic carbocycles. The number of primary amides is 1. The second kappa shape index (κ2) is 8.62. The van der Waals surface area contributed by atoms with Crippen molar-refractivity contribution in [3.05, 3.63) is 54.1 Å². The molecule has 154 valence electrons. The van der Waals surface area contributed by atoms with Crippen LogP contribution in [0.2, 0.25) is 0 Å². The van der Waals surface area contributed by atoms with E-state index in [2.05, 4.69) is 5.32 Å². The predicted molar refractivity (Wildman–Crippen MR) is 108 cm³/mol. The molecule has 8 nitrogen and oxygen atoms in total. The van der Waals surface area contributed by atoms with Gasteiger partial charge in [-0.15, -0.1) is 0 Å². The van der Waals surface area contributed by atoms with Crippen molar-refractivity contribution >= 4 is 27.5 Å². The molecule has 0 aromatic heterocycles. The molecule has 1 aliphatic heterocycles. The van der Waals surface area contributed by atoms with Crippen LogP contribution in [0.25, 0.3) is 0 Å². The summed E-state index contributed by atoms with van der Waals surface area (Å²) in [4.78, 5) is 24.1. The standard InChI is InChI=1S/C20H23N3O5S/c1-28-17-7-9-18(10-8-17)29(26,27)23-11-3-5-15(13-23)20(25)22-16-6-2-4-14(12-16)19(21)24/h2,4,6-10,12,15H,3,5,11,13H2,1H3,(H2,21,24)(H,22,25)/t15-/m1/s1. The number of nitrogens with zero attached hydrogens (tertiary/aromatic N) is 1. The Morgan fingerprint density at radius 1 is 1.17 bits per heavy atom. The number of rotatable bonds is 6. The number of benzene rings is 2. The lowest BCUT2D eigenvalue weighted by Gasteiger charge is -2.31. The van der Waals surface area contributed by atoms with E-state index in [0.717, 1.165) is 0 Å². The van der Waals surface area contributed by atoms with Gasteiger partial charge in [0, 0.05) is 24.3 Å². The van der Waals surface area contributed by atoms with E-state index in [4.69, 9.17) is 10.5 Å². The molecule has 1 aliphatic rings. The average Bonchev–Trinajstić information content (AvgIpc) is 2.74. The lowest BCUT2D eigenvalue weighted by Crippen LogP contribution is -2.43. The van der Waals surface area contributed by atoms with Crippen molar-refractivity contribution in [3.63, 3.8) is 0 Å². The van der Waals surface area contributed by atoms with Gasteiger partial charge in [-0.25, -0.2) is 8.42 Å². The Labute approximate surface area is 169 Å². The first-order valence-electron chi connectivity index (χ1n) is 9.16. The smallest absolute Gasteiger partial charge is 0.248 e. The molecule has 0 aliphatic carbocycles. The van der Waals surface area contributed by atoms with Gasteiger partial charge in [-0.1, -0.05) is 6.07 Å². The molecular formula is C20H23N3O5S. The maximum absolute atomic E-state index is 12.9. The number of nitrogens with two attached hydrogens (primary N) is 1. The van der Waals surface area contributed by atoms with Crippen molar-refractivity contribution in [1.82, 2.24) is 4.31 Å². The molecule has 1 fully saturated rings. The molecule has 1 heterocycles. The molecule has 2 amide bonds. The second-order valence-corrected chi connectivity index (χ2v) is 8.75. The number of nitrogens with one attached hydrogen (secondary N) is 1. The lowest BCUT2D eigenvalue weighted by atomic mass is 9.98. The van der Waals surface area contributed by atoms with E-state index >= 15 is 0 Å². The number of hydrogen-bond donors (Lipinski definition) is 2. The molecular weight excluding hydrogens is 394 g/mol. The topological polar surface area (TPSA) is 119 Å². The van der Waals surface area contributed by atoms with Crippen molar-refractivity contribution < 1.29 is 22.7 Å². The number of piperidine rings is 1. The summed E-state index contributed by atoms with van der Waals surface area (Å²) in [6, 6.07) is 12.5. The Morgan fingerprint density at radius 2 is 1.90 bits per heavy atom. The summed E-state index contributed by atoms with van der Waals surface area (Å²) in [5.41, 5.74) is 6.00. The van der Waals surface area contributed by atoms with E-state index < -0.39 is 21.8 Å². The number of ether oxygens (including phenoxy) is 1. The first kappa shape index (κ1) is 20.8. The van der Waals surface area contributed by atoms with Gasteiger partial charge >= 0.3 is 0 Å². The summed E-state index contributed by atoms with van der Waals surface area (Å²) in [6.45, 7) is 0.449. The molecule has 1 saturated heterocycles. The number of anilines is 1. The molecule has 0 radical (unpaired) electrons. The van der Waals surface area contributed by atoms with Crippen LogP contribution in [0.3, 0.4) is 0 Å². The first-order valence-corrected chi connectivity index (χ1v) is 10.6. The molecule has 29 heavy (non-hydrogen) atoms. The lowest BCUT2D eigenvalue weighted by molar-refractivity contribution is -0.120. The van der Waals surface area contributed by atoms with E-state index in [1.54, 1.807) is 30.3 Å². The molecule has 0 saturated carbocycles. The number of hydrogen-bond acceptors (Lipinski definition) is 5. The highest BCUT2D eigenvalue weighted by Crippen LogP contribution is 2.26. The van der Waals surface area contributed by atoms with Gasteiger partial charge in [-0.3, -0.25) is 9.59 Å². The first-order chi connectivity index (χ1) is 13.8. The van der Waals surface area contributed by atoms with Gasteiger partial charge in [0.05, 0.1) is 17.9 Å². The van der Waals surface area contributed by atoms with Crippen LogP contribution in [0.5, 0.6) is 5.75 Å². The zero-order valence-corrected chi connectivity index (χ0v) is 16.8. The van der Waals surface area contributed by atoms with E-state index in [9.17, 15) is 18.0 Å². The third kappa shape index (κ3) is 4.75. The fourth-order valence-electron chi connectivity index (χ4n) is 3.27. The van der Waals surface area contributed by atoms with Crippen molar-refractivity contribution in [2.45, 2.75) is 17.7 Å². The maximum atomic E-state index is 12.9. The van der Waals surface area contributed by atoms with Gasteiger partial charge in [0.15, 0.2) is 0 Å². The molecule has 0 spiro atoms. The predicted octanol–water partition coefficient (Wildman–Crippen LogP) is 1.83. The normalized spacial score (nSPS) is 17.5. The molecule has 1 atom stereocenters. The van der Waals surface area contributed by atoms with Crippen LogP contribution < -0.4 is 15.8 Å². The van der Waals surface area contributed by atoms with Crippen LogP contribution in [0.1, 0.15) is 23.2 Å². The van der Waals surface area contributed by atoms with Crippen molar-refractivity contribution in [2.24, 2.45) is 11.7 Å². The zero-order valence-electron chi connectivity index (χ0n) is 16.0. The van der Waals surface area contributed by atoms with Crippen molar-refractivity contribution in [2.75, 3.05) is 25.5 Å². The van der Waals surface area contributed by atoms with Gasteiger partial charge in [0.25, 0.3) is 0 Å². The number of carbonyl (C=O) groups excluding carboxylic acids is 2. The Hall–Kier alpha value is -2.91. The van der Waals surface area contributed by atoms with Crippen LogP contribution in [-0.2, 0) is 14.8 Å². The van der Waals surface area contributed by atoms with E-state index in [1.165, 1.54) is 29.6 Å². The number of amides is 2. The summed E-state index contributed by atoms with van der Waals surface area (Å²) in [6.07, 6.45) is 1.16. The number of sulfonamides is 1. The molecule has 3 N–H and O–H groups in total. The van der Waals surface area contributed by atoms with Gasteiger partial charge < -0.3 is 15.8 Å². The summed E-state index contributed by atoms with van der Waals surface area (Å²) < 4.78 is 32.3. The summed E-state index contributed by atoms with van der Waals surface area (Å²) in [5, 5.41) is 2.75. The Balaban J connectivity index is 1.71. The van der Waals surface area contributed by atoms with Gasteiger partial charge in [-0.2, -0.15) is 4.31 Å². The molecule has 3 rings (SSSR count). The highest BCUT2D eigenvalue weighted by molar-refractivity contribution is 7.89. The molecule has 0 bridgehead atoms. The second-order valence-electron chi connectivity index (χ2n) is 6.81. The van der Waals surface area contributed by atoms with Gasteiger partial charge in [-0.05, 0) is 55.3 Å². The summed E-state index contributed by atoms with van der Waals surface area (Å²) in [5.74, 6) is -0.802. The third-order valence-corrected chi connectivity index (χ3v) is 6.75. The largest absolute Gasteiger partial charge is 0.497 e. The maximum Gasteiger partial charge on any atom is 0.248 e. The van der Waals surface area contributed by atoms with Crippen LogP contribution in [0, 0.1) is 5.92 Å². The Kier molecular flexibility index (Phi) is 6.19. The van der Waals surface area contributed by atoms with E-state index in [-0.39, 0.29) is 22.9 Å². The van der Waals surface area contributed by atoms with Gasteiger partial charge in [0.2, 0.25) is 21.8 Å². The summed E-state index contributed by atoms with van der Waals surface area (Å²) in [7, 11) is -2.20. The number of carbonyl (C=O) groups is 2. The van der Waals surface area contributed by atoms with Crippen LogP contribution >= 0.6 is 0 Å². The Morgan fingerprint density at radius 3 is 2.55 bits per heavy atom. The third-order valence-electron chi connectivity index (χ3n) is 4.87. The highest BCUT2D eigenvalue weighted by Gasteiger charge is 2.33. The molecule has 2 aromatic rings. The fourth-order valence-corrected chi connectivity index (χ4v) is 4.79. The minimum absolute atomic E-state index is 0.0930. The van der Waals surface area contributed by atoms with Crippen LogP contribution in [0.4, 0.5) is 5.69 Å². The van der Waals surface area contributed by atoms with Crippen molar-refractivity contribution in [1.29, 1.82) is 0 Å². The quantitative estimate of drug-likeness (QED) is 0.743. The van der Waals surface area contributed by atoms with Gasteiger partial charge in [0.1, 0.15) is 5.75 Å². The summed E-state index contributed by atoms with van der Waals surface area (Å²) >= 11 is 0. The number of methoxy groups -OCH3 is 1. The monoisotopic (exact) mass is 417 g/mol. The van der Waals surface area contributed by atoms with Crippen molar-refractivity contribution in [3.8, 4) is 5.75 Å². The van der Waals surface area contributed by atoms with Crippen LogP contribution in [-0.4, -0.2) is 44.7 Å². The minimum Gasteiger partial charge on any atom is -0.497 e. The fraction of sp³-hybridized carbons (Fsp3) is 0.300. The highest BCUT2D eigenvalue weighted by atomic mass is 32.2. The average molecular weight is 417 g/mol. The minimum atomic E-state index is -3.71. The van der Waals surface area contributed by atoms with E-state index in [0.29, 0.717) is 30.8 Å².